The molecule has 1 amide bonds. The van der Waals surface area contributed by atoms with E-state index in [9.17, 15) is 15.0 Å². The van der Waals surface area contributed by atoms with Crippen molar-refractivity contribution >= 4 is 5.91 Å². The number of hydrogen-bond donors (Lipinski definition) is 3. The number of piperidine rings is 1. The molecule has 27 heavy (non-hydrogen) atoms. The Morgan fingerprint density at radius 3 is 2.44 bits per heavy atom. The molecule has 0 bridgehead atoms. The van der Waals surface area contributed by atoms with Crippen LogP contribution >= 0.6 is 0 Å². The summed E-state index contributed by atoms with van der Waals surface area (Å²) in [5.41, 5.74) is -0.739. The lowest BCUT2D eigenvalue weighted by atomic mass is 9.84. The molecule has 1 aromatic carbocycles. The van der Waals surface area contributed by atoms with Gasteiger partial charge in [0.25, 0.3) is 5.91 Å². The van der Waals surface area contributed by atoms with Crippen LogP contribution in [0, 0.1) is 0 Å². The van der Waals surface area contributed by atoms with Gasteiger partial charge < -0.3 is 20.4 Å². The third kappa shape index (κ3) is 5.53. The molecular formula is C22H34N2O3. The van der Waals surface area contributed by atoms with Gasteiger partial charge in [0.05, 0.1) is 5.60 Å². The Labute approximate surface area is 162 Å². The van der Waals surface area contributed by atoms with Gasteiger partial charge in [-0.25, -0.2) is 0 Å². The van der Waals surface area contributed by atoms with E-state index in [-0.39, 0.29) is 12.5 Å². The Kier molecular flexibility index (Phi) is 6.90. The quantitative estimate of drug-likeness (QED) is 0.653. The Morgan fingerprint density at radius 2 is 1.70 bits per heavy atom. The highest BCUT2D eigenvalue weighted by molar-refractivity contribution is 5.86. The molecule has 2 aliphatic rings. The van der Waals surface area contributed by atoms with E-state index < -0.39 is 11.2 Å². The first kappa shape index (κ1) is 20.3. The van der Waals surface area contributed by atoms with Gasteiger partial charge in [-0.3, -0.25) is 4.79 Å². The Bertz CT molecular complexity index is 601. The van der Waals surface area contributed by atoms with Gasteiger partial charge in [-0.15, -0.1) is 0 Å². The topological polar surface area (TPSA) is 72.8 Å². The van der Waals surface area contributed by atoms with E-state index in [0.29, 0.717) is 19.5 Å². The summed E-state index contributed by atoms with van der Waals surface area (Å²) < 4.78 is 0. The molecule has 5 nitrogen and oxygen atoms in total. The van der Waals surface area contributed by atoms with Crippen molar-refractivity contribution in [3.8, 4) is 0 Å². The number of aryl methyl sites for hydroxylation is 1. The van der Waals surface area contributed by atoms with Crippen LogP contribution in [0.2, 0.25) is 0 Å². The molecule has 150 valence electrons. The zero-order valence-corrected chi connectivity index (χ0v) is 16.3. The fourth-order valence-corrected chi connectivity index (χ4v) is 4.45. The first-order chi connectivity index (χ1) is 13.0. The van der Waals surface area contributed by atoms with Crippen LogP contribution in [0.5, 0.6) is 0 Å². The number of amides is 1. The molecule has 1 saturated heterocycles. The summed E-state index contributed by atoms with van der Waals surface area (Å²) in [5.74, 6) is -0.162. The van der Waals surface area contributed by atoms with Crippen molar-refractivity contribution in [2.45, 2.75) is 69.0 Å². The number of carbonyl (C=O) groups excluding carboxylic acids is 1. The molecule has 3 rings (SSSR count). The monoisotopic (exact) mass is 374 g/mol. The average molecular weight is 375 g/mol. The first-order valence-electron chi connectivity index (χ1n) is 10.5. The SMILES string of the molecule is O=C1N(CCCc2ccccc2)CCCC1(O)CNCC1(O)CCCCC1. The normalized spacial score (nSPS) is 25.6. The summed E-state index contributed by atoms with van der Waals surface area (Å²) >= 11 is 0. The van der Waals surface area contributed by atoms with Crippen LogP contribution in [0.25, 0.3) is 0 Å². The van der Waals surface area contributed by atoms with E-state index in [1.54, 1.807) is 0 Å². The highest BCUT2D eigenvalue weighted by Gasteiger charge is 2.42. The third-order valence-corrected chi connectivity index (χ3v) is 6.10. The minimum atomic E-state index is -1.34. The molecule has 1 unspecified atom stereocenters. The summed E-state index contributed by atoms with van der Waals surface area (Å²) in [7, 11) is 0. The Hall–Kier alpha value is -1.43. The van der Waals surface area contributed by atoms with Crippen molar-refractivity contribution in [3.63, 3.8) is 0 Å². The van der Waals surface area contributed by atoms with E-state index in [4.69, 9.17) is 0 Å². The lowest BCUT2D eigenvalue weighted by Crippen LogP contribution is -2.59. The van der Waals surface area contributed by atoms with Gasteiger partial charge in [0.2, 0.25) is 0 Å². The van der Waals surface area contributed by atoms with Crippen LogP contribution in [-0.2, 0) is 11.2 Å². The minimum Gasteiger partial charge on any atom is -0.389 e. The van der Waals surface area contributed by atoms with Crippen molar-refractivity contribution in [3.05, 3.63) is 35.9 Å². The van der Waals surface area contributed by atoms with Crippen LogP contribution in [0.3, 0.4) is 0 Å². The van der Waals surface area contributed by atoms with E-state index in [2.05, 4.69) is 17.4 Å². The second-order valence-corrected chi connectivity index (χ2v) is 8.41. The van der Waals surface area contributed by atoms with Crippen molar-refractivity contribution in [2.24, 2.45) is 0 Å². The lowest BCUT2D eigenvalue weighted by Gasteiger charge is -2.39. The maximum Gasteiger partial charge on any atom is 0.255 e. The summed E-state index contributed by atoms with van der Waals surface area (Å²) in [6.45, 7) is 2.08. The summed E-state index contributed by atoms with van der Waals surface area (Å²) in [6, 6.07) is 10.3. The largest absolute Gasteiger partial charge is 0.389 e. The molecule has 0 radical (unpaired) electrons. The molecule has 1 heterocycles. The van der Waals surface area contributed by atoms with Crippen molar-refractivity contribution in [1.82, 2.24) is 10.2 Å². The molecule has 2 fully saturated rings. The van der Waals surface area contributed by atoms with Crippen molar-refractivity contribution < 1.29 is 15.0 Å². The van der Waals surface area contributed by atoms with Gasteiger partial charge in [0, 0.05) is 26.2 Å². The standard InChI is InChI=1S/C22H34N2O3/c25-20-22(27,18-23-17-21(26)12-5-2-6-13-21)14-8-16-24(20)15-7-11-19-9-3-1-4-10-19/h1,3-4,9-10,23,26-27H,2,5-8,11-18H2. The maximum atomic E-state index is 12.8. The fraction of sp³-hybridized carbons (Fsp3) is 0.682. The first-order valence-corrected chi connectivity index (χ1v) is 10.5. The molecule has 1 aromatic rings. The lowest BCUT2D eigenvalue weighted by molar-refractivity contribution is -0.156. The third-order valence-electron chi connectivity index (χ3n) is 6.10. The predicted molar refractivity (Wildman–Crippen MR) is 106 cm³/mol. The number of benzene rings is 1. The van der Waals surface area contributed by atoms with Gasteiger partial charge in [-0.05, 0) is 44.1 Å². The van der Waals surface area contributed by atoms with Gasteiger partial charge in [0.1, 0.15) is 0 Å². The van der Waals surface area contributed by atoms with Gasteiger partial charge in [-0.2, -0.15) is 0 Å². The molecule has 1 saturated carbocycles. The number of rotatable bonds is 8. The number of likely N-dealkylation sites (tertiary alicyclic amines) is 1. The van der Waals surface area contributed by atoms with Crippen LogP contribution in [0.15, 0.2) is 30.3 Å². The van der Waals surface area contributed by atoms with E-state index in [0.717, 1.165) is 51.5 Å². The zero-order chi connectivity index (χ0) is 19.2. The van der Waals surface area contributed by atoms with Crippen molar-refractivity contribution in [2.75, 3.05) is 26.2 Å². The highest BCUT2D eigenvalue weighted by atomic mass is 16.3. The second-order valence-electron chi connectivity index (χ2n) is 8.41. The minimum absolute atomic E-state index is 0.162. The number of hydrogen-bond acceptors (Lipinski definition) is 4. The van der Waals surface area contributed by atoms with E-state index >= 15 is 0 Å². The molecule has 0 aromatic heterocycles. The van der Waals surface area contributed by atoms with E-state index in [1.165, 1.54) is 12.0 Å². The number of carbonyl (C=O) groups is 1. The highest BCUT2D eigenvalue weighted by Crippen LogP contribution is 2.28. The number of nitrogens with one attached hydrogen (secondary N) is 1. The van der Waals surface area contributed by atoms with Gasteiger partial charge in [0.15, 0.2) is 5.60 Å². The number of aliphatic hydroxyl groups is 2. The molecule has 1 aliphatic carbocycles. The summed E-state index contributed by atoms with van der Waals surface area (Å²) in [4.78, 5) is 14.6. The molecular weight excluding hydrogens is 340 g/mol. The molecule has 3 N–H and O–H groups in total. The zero-order valence-electron chi connectivity index (χ0n) is 16.3. The smallest absolute Gasteiger partial charge is 0.255 e. The number of nitrogens with zero attached hydrogens (tertiary/aromatic N) is 1. The maximum absolute atomic E-state index is 12.8. The van der Waals surface area contributed by atoms with Crippen LogP contribution in [-0.4, -0.2) is 58.4 Å². The molecule has 0 spiro atoms. The average Bonchev–Trinajstić information content (AvgIpc) is 2.67. The Morgan fingerprint density at radius 1 is 0.963 bits per heavy atom. The van der Waals surface area contributed by atoms with Gasteiger partial charge >= 0.3 is 0 Å². The predicted octanol–water partition coefficient (Wildman–Crippen LogP) is 2.26. The molecule has 1 aliphatic heterocycles. The van der Waals surface area contributed by atoms with Crippen molar-refractivity contribution in [1.29, 1.82) is 0 Å². The Balaban J connectivity index is 1.46. The summed E-state index contributed by atoms with van der Waals surface area (Å²) in [5, 5.41) is 24.7. The van der Waals surface area contributed by atoms with E-state index in [1.807, 2.05) is 23.1 Å². The molecule has 5 heteroatoms. The fourth-order valence-electron chi connectivity index (χ4n) is 4.45. The van der Waals surface area contributed by atoms with Crippen LogP contribution < -0.4 is 5.32 Å². The molecule has 1 atom stereocenters. The summed E-state index contributed by atoms with van der Waals surface area (Å²) in [6.07, 6.45) is 8.05. The van der Waals surface area contributed by atoms with Crippen LogP contribution in [0.1, 0.15) is 56.9 Å². The van der Waals surface area contributed by atoms with Gasteiger partial charge in [-0.1, -0.05) is 49.6 Å². The second kappa shape index (κ2) is 9.18. The van der Waals surface area contributed by atoms with Crippen LogP contribution in [0.4, 0.5) is 0 Å².